The van der Waals surface area contributed by atoms with Crippen molar-refractivity contribution in [2.24, 2.45) is 0 Å². The lowest BCUT2D eigenvalue weighted by Gasteiger charge is -2.07. The van der Waals surface area contributed by atoms with Gasteiger partial charge >= 0.3 is 0 Å². The number of ether oxygens (including phenoxy) is 1. The SMILES string of the molecule is COc1nc(C=O)cc([N+](=O)[O-])c1C(F)F. The Kier molecular flexibility index (Phi) is 3.44. The van der Waals surface area contributed by atoms with E-state index in [-0.39, 0.29) is 12.0 Å². The van der Waals surface area contributed by atoms with Crippen LogP contribution in [0.25, 0.3) is 0 Å². The Balaban J connectivity index is 3.53. The van der Waals surface area contributed by atoms with Crippen LogP contribution in [0.2, 0.25) is 0 Å². The maximum atomic E-state index is 12.6. The van der Waals surface area contributed by atoms with Crippen LogP contribution in [0.3, 0.4) is 0 Å². The van der Waals surface area contributed by atoms with E-state index in [1.54, 1.807) is 0 Å². The number of nitro groups is 1. The summed E-state index contributed by atoms with van der Waals surface area (Å²) in [5.74, 6) is -0.619. The molecule has 1 aromatic heterocycles. The molecular weight excluding hydrogens is 226 g/mol. The highest BCUT2D eigenvalue weighted by molar-refractivity contribution is 5.74. The molecule has 0 saturated carbocycles. The number of methoxy groups -OCH3 is 1. The Morgan fingerprint density at radius 1 is 1.62 bits per heavy atom. The van der Waals surface area contributed by atoms with Crippen molar-refractivity contribution < 1.29 is 23.2 Å². The fourth-order valence-electron chi connectivity index (χ4n) is 1.11. The second-order valence-corrected chi connectivity index (χ2v) is 2.66. The largest absolute Gasteiger partial charge is 0.480 e. The summed E-state index contributed by atoms with van der Waals surface area (Å²) in [4.78, 5) is 23.3. The van der Waals surface area contributed by atoms with Crippen molar-refractivity contribution in [2.75, 3.05) is 7.11 Å². The minimum absolute atomic E-state index is 0.213. The molecule has 0 radical (unpaired) electrons. The molecule has 1 aromatic rings. The van der Waals surface area contributed by atoms with Crippen molar-refractivity contribution >= 4 is 12.0 Å². The lowest BCUT2D eigenvalue weighted by molar-refractivity contribution is -0.386. The van der Waals surface area contributed by atoms with Crippen molar-refractivity contribution in [1.82, 2.24) is 4.98 Å². The van der Waals surface area contributed by atoms with Crippen LogP contribution in [0.1, 0.15) is 22.5 Å². The number of hydrogen-bond donors (Lipinski definition) is 0. The standard InChI is InChI=1S/C8H6F2N2O4/c1-16-8-6(7(9)10)5(12(14)15)2-4(3-13)11-8/h2-3,7H,1H3. The Morgan fingerprint density at radius 2 is 2.25 bits per heavy atom. The Labute approximate surface area is 88.0 Å². The van der Waals surface area contributed by atoms with Crippen LogP contribution in [0.4, 0.5) is 14.5 Å². The van der Waals surface area contributed by atoms with Gasteiger partial charge in [0, 0.05) is 6.07 Å². The molecule has 0 N–H and O–H groups in total. The fourth-order valence-corrected chi connectivity index (χ4v) is 1.11. The van der Waals surface area contributed by atoms with Crippen molar-refractivity contribution in [3.63, 3.8) is 0 Å². The van der Waals surface area contributed by atoms with E-state index in [1.807, 2.05) is 0 Å². The molecule has 0 aliphatic heterocycles. The van der Waals surface area contributed by atoms with E-state index in [9.17, 15) is 23.7 Å². The summed E-state index contributed by atoms with van der Waals surface area (Å²) in [7, 11) is 1.03. The normalized spacial score (nSPS) is 10.2. The van der Waals surface area contributed by atoms with Crippen molar-refractivity contribution in [3.8, 4) is 5.88 Å². The Morgan fingerprint density at radius 3 is 2.62 bits per heavy atom. The molecule has 8 heteroatoms. The monoisotopic (exact) mass is 232 g/mol. The maximum Gasteiger partial charge on any atom is 0.286 e. The van der Waals surface area contributed by atoms with E-state index in [4.69, 9.17) is 0 Å². The molecule has 86 valence electrons. The minimum Gasteiger partial charge on any atom is -0.480 e. The maximum absolute atomic E-state index is 12.6. The third-order valence-electron chi connectivity index (χ3n) is 1.75. The van der Waals surface area contributed by atoms with Crippen LogP contribution >= 0.6 is 0 Å². The molecular formula is C8H6F2N2O4. The summed E-state index contributed by atoms with van der Waals surface area (Å²) in [5.41, 5.74) is -2.16. The van der Waals surface area contributed by atoms with E-state index in [2.05, 4.69) is 9.72 Å². The van der Waals surface area contributed by atoms with Crippen molar-refractivity contribution in [3.05, 3.63) is 27.4 Å². The molecule has 0 aliphatic rings. The highest BCUT2D eigenvalue weighted by atomic mass is 19.3. The molecule has 0 fully saturated rings. The number of rotatable bonds is 4. The van der Waals surface area contributed by atoms with Crippen LogP contribution < -0.4 is 4.74 Å². The number of hydrogen-bond acceptors (Lipinski definition) is 5. The summed E-state index contributed by atoms with van der Waals surface area (Å²) in [6.45, 7) is 0. The number of carbonyl (C=O) groups excluding carboxylic acids is 1. The quantitative estimate of drug-likeness (QED) is 0.448. The molecule has 0 unspecified atom stereocenters. The summed E-state index contributed by atoms with van der Waals surface area (Å²) < 4.78 is 29.6. The number of aromatic nitrogens is 1. The van der Waals surface area contributed by atoms with E-state index < -0.39 is 28.5 Å². The van der Waals surface area contributed by atoms with Gasteiger partial charge in [-0.15, -0.1) is 0 Å². The van der Waals surface area contributed by atoms with Gasteiger partial charge in [-0.3, -0.25) is 14.9 Å². The van der Waals surface area contributed by atoms with Gasteiger partial charge in [-0.05, 0) is 0 Å². The Hall–Kier alpha value is -2.12. The van der Waals surface area contributed by atoms with Gasteiger partial charge in [-0.1, -0.05) is 0 Å². The van der Waals surface area contributed by atoms with Gasteiger partial charge in [-0.25, -0.2) is 13.8 Å². The zero-order valence-electron chi connectivity index (χ0n) is 8.02. The zero-order chi connectivity index (χ0) is 12.3. The number of aldehydes is 1. The summed E-state index contributed by atoms with van der Waals surface area (Å²) in [6.07, 6.45) is -2.89. The number of pyridine rings is 1. The van der Waals surface area contributed by atoms with Crippen LogP contribution in [0, 0.1) is 10.1 Å². The zero-order valence-corrected chi connectivity index (χ0v) is 8.02. The lowest BCUT2D eigenvalue weighted by Crippen LogP contribution is -2.04. The van der Waals surface area contributed by atoms with Gasteiger partial charge in [0.25, 0.3) is 12.1 Å². The van der Waals surface area contributed by atoms with E-state index in [0.717, 1.165) is 7.11 Å². The van der Waals surface area contributed by atoms with Gasteiger partial charge in [0.05, 0.1) is 12.0 Å². The van der Waals surface area contributed by atoms with Crippen molar-refractivity contribution in [2.45, 2.75) is 6.43 Å². The van der Waals surface area contributed by atoms with Gasteiger partial charge < -0.3 is 4.74 Å². The highest BCUT2D eigenvalue weighted by Crippen LogP contribution is 2.35. The average molecular weight is 232 g/mol. The molecule has 16 heavy (non-hydrogen) atoms. The third kappa shape index (κ3) is 2.10. The number of halogens is 2. The molecule has 0 bridgehead atoms. The molecule has 0 saturated heterocycles. The number of alkyl halides is 2. The lowest BCUT2D eigenvalue weighted by atomic mass is 10.2. The Bertz CT molecular complexity index is 436. The predicted octanol–water partition coefficient (Wildman–Crippen LogP) is 1.75. The van der Waals surface area contributed by atoms with E-state index in [0.29, 0.717) is 6.07 Å². The first-order valence-electron chi connectivity index (χ1n) is 3.98. The number of carbonyl (C=O) groups is 1. The molecule has 1 heterocycles. The van der Waals surface area contributed by atoms with Gasteiger partial charge in [0.15, 0.2) is 11.8 Å². The molecule has 1 rings (SSSR count). The second-order valence-electron chi connectivity index (χ2n) is 2.66. The topological polar surface area (TPSA) is 82.3 Å². The van der Waals surface area contributed by atoms with E-state index in [1.165, 1.54) is 0 Å². The van der Waals surface area contributed by atoms with Gasteiger partial charge in [-0.2, -0.15) is 0 Å². The van der Waals surface area contributed by atoms with Crippen LogP contribution in [0.5, 0.6) is 5.88 Å². The molecule has 0 aromatic carbocycles. The van der Waals surface area contributed by atoms with E-state index >= 15 is 0 Å². The predicted molar refractivity (Wildman–Crippen MR) is 47.8 cm³/mol. The first-order valence-corrected chi connectivity index (χ1v) is 3.98. The molecule has 0 atom stereocenters. The first kappa shape index (κ1) is 12.0. The minimum atomic E-state index is -3.11. The van der Waals surface area contributed by atoms with Crippen LogP contribution in [-0.2, 0) is 0 Å². The van der Waals surface area contributed by atoms with Crippen LogP contribution in [0.15, 0.2) is 6.07 Å². The third-order valence-corrected chi connectivity index (χ3v) is 1.75. The fraction of sp³-hybridized carbons (Fsp3) is 0.250. The summed E-state index contributed by atoms with van der Waals surface area (Å²) >= 11 is 0. The first-order chi connectivity index (χ1) is 7.51. The van der Waals surface area contributed by atoms with Gasteiger partial charge in [0.2, 0.25) is 5.88 Å². The summed E-state index contributed by atoms with van der Waals surface area (Å²) in [5, 5.41) is 10.5. The molecule has 0 aliphatic carbocycles. The molecule has 6 nitrogen and oxygen atoms in total. The number of nitrogens with zero attached hydrogens (tertiary/aromatic N) is 2. The summed E-state index contributed by atoms with van der Waals surface area (Å²) in [6, 6.07) is 0.678. The molecule has 0 spiro atoms. The highest BCUT2D eigenvalue weighted by Gasteiger charge is 2.28. The smallest absolute Gasteiger partial charge is 0.286 e. The van der Waals surface area contributed by atoms with Gasteiger partial charge in [0.1, 0.15) is 5.69 Å². The van der Waals surface area contributed by atoms with Crippen LogP contribution in [-0.4, -0.2) is 23.3 Å². The average Bonchev–Trinajstić information content (AvgIpc) is 2.26. The van der Waals surface area contributed by atoms with Crippen molar-refractivity contribution in [1.29, 1.82) is 0 Å². The molecule has 0 amide bonds. The second kappa shape index (κ2) is 4.60.